The summed E-state index contributed by atoms with van der Waals surface area (Å²) < 4.78 is 1.98. The molecule has 4 rings (SSSR count). The smallest absolute Gasteiger partial charge is 0.260 e. The van der Waals surface area contributed by atoms with Gasteiger partial charge in [0.15, 0.2) is 0 Å². The lowest BCUT2D eigenvalue weighted by Crippen LogP contribution is -2.34. The SMILES string of the molecule is CCCCC(CC)CN1C(=O)/C(=C2\C(=O)N(CC(CC)CCCC)c3cc(Br)sc32)c2sc(Br)cc21. The van der Waals surface area contributed by atoms with Gasteiger partial charge in [0.25, 0.3) is 11.8 Å². The Hall–Kier alpha value is -0.960. The minimum atomic E-state index is -0.0163. The van der Waals surface area contributed by atoms with Gasteiger partial charge in [-0.15, -0.1) is 22.7 Å². The largest absolute Gasteiger partial charge is 0.306 e. The van der Waals surface area contributed by atoms with Crippen LogP contribution in [0.4, 0.5) is 11.4 Å². The van der Waals surface area contributed by atoms with Gasteiger partial charge in [-0.2, -0.15) is 0 Å². The number of carbonyl (C=O) groups is 2. The Morgan fingerprint density at radius 3 is 1.44 bits per heavy atom. The third-order valence-electron chi connectivity index (χ3n) is 7.54. The summed E-state index contributed by atoms with van der Waals surface area (Å²) >= 11 is 10.4. The Bertz CT molecular complexity index is 1060. The zero-order valence-electron chi connectivity index (χ0n) is 21.7. The zero-order valence-corrected chi connectivity index (χ0v) is 26.5. The highest BCUT2D eigenvalue weighted by Gasteiger charge is 2.45. The summed E-state index contributed by atoms with van der Waals surface area (Å²) in [4.78, 5) is 33.8. The van der Waals surface area contributed by atoms with Gasteiger partial charge in [-0.1, -0.05) is 66.2 Å². The Morgan fingerprint density at radius 1 is 0.722 bits per heavy atom. The van der Waals surface area contributed by atoms with Gasteiger partial charge < -0.3 is 9.80 Å². The number of halogens is 2. The fraction of sp³-hybridized carbons (Fsp3) is 0.571. The molecule has 2 aliphatic heterocycles. The highest BCUT2D eigenvalue weighted by Crippen LogP contribution is 2.53. The molecule has 196 valence electrons. The van der Waals surface area contributed by atoms with Crippen molar-refractivity contribution in [1.82, 2.24) is 0 Å². The van der Waals surface area contributed by atoms with Crippen LogP contribution in [0.5, 0.6) is 0 Å². The van der Waals surface area contributed by atoms with Crippen LogP contribution in [0.25, 0.3) is 11.1 Å². The number of hydrogen-bond acceptors (Lipinski definition) is 4. The molecule has 0 saturated carbocycles. The van der Waals surface area contributed by atoms with E-state index in [0.717, 1.165) is 67.2 Å². The topological polar surface area (TPSA) is 40.6 Å². The van der Waals surface area contributed by atoms with Crippen molar-refractivity contribution in [2.24, 2.45) is 11.8 Å². The Balaban J connectivity index is 1.75. The number of carbonyl (C=O) groups excluding carboxylic acids is 2. The molecule has 0 spiro atoms. The van der Waals surface area contributed by atoms with Gasteiger partial charge in [-0.05, 0) is 68.7 Å². The van der Waals surface area contributed by atoms with Gasteiger partial charge in [0.1, 0.15) is 0 Å². The average Bonchev–Trinajstić information content (AvgIpc) is 3.55. The summed E-state index contributed by atoms with van der Waals surface area (Å²) in [6.07, 6.45) is 8.99. The first kappa shape index (κ1) is 28.1. The summed E-state index contributed by atoms with van der Waals surface area (Å²) in [6, 6.07) is 4.11. The zero-order chi connectivity index (χ0) is 26.0. The molecule has 2 aromatic rings. The summed E-state index contributed by atoms with van der Waals surface area (Å²) in [5.74, 6) is 0.876. The number of unbranched alkanes of at least 4 members (excludes halogenated alkanes) is 2. The van der Waals surface area contributed by atoms with E-state index in [2.05, 4.69) is 71.7 Å². The van der Waals surface area contributed by atoms with Crippen molar-refractivity contribution in [3.05, 3.63) is 29.5 Å². The number of anilines is 2. The molecule has 0 bridgehead atoms. The summed E-state index contributed by atoms with van der Waals surface area (Å²) in [6.45, 7) is 10.3. The van der Waals surface area contributed by atoms with Crippen molar-refractivity contribution >= 4 is 88.9 Å². The maximum Gasteiger partial charge on any atom is 0.260 e. The highest BCUT2D eigenvalue weighted by atomic mass is 79.9. The van der Waals surface area contributed by atoms with Crippen LogP contribution in [-0.2, 0) is 9.59 Å². The quantitative estimate of drug-likeness (QED) is 0.214. The molecule has 0 aliphatic carbocycles. The number of thiophene rings is 2. The Kier molecular flexibility index (Phi) is 9.56. The first-order valence-electron chi connectivity index (χ1n) is 13.3. The van der Waals surface area contributed by atoms with Crippen LogP contribution in [0.2, 0.25) is 0 Å². The molecular weight excluding hydrogens is 620 g/mol. The van der Waals surface area contributed by atoms with Crippen LogP contribution in [-0.4, -0.2) is 24.9 Å². The molecule has 4 nitrogen and oxygen atoms in total. The maximum atomic E-state index is 14.0. The van der Waals surface area contributed by atoms with E-state index in [-0.39, 0.29) is 11.8 Å². The second-order valence-electron chi connectivity index (χ2n) is 9.94. The van der Waals surface area contributed by atoms with Crippen molar-refractivity contribution in [2.45, 2.75) is 79.1 Å². The van der Waals surface area contributed by atoms with Gasteiger partial charge in [0, 0.05) is 13.1 Å². The Labute approximate surface area is 240 Å². The first-order chi connectivity index (χ1) is 17.3. The van der Waals surface area contributed by atoms with E-state index < -0.39 is 0 Å². The van der Waals surface area contributed by atoms with E-state index in [1.54, 1.807) is 22.7 Å². The van der Waals surface area contributed by atoms with Crippen LogP contribution in [0.15, 0.2) is 19.7 Å². The molecule has 2 atom stereocenters. The van der Waals surface area contributed by atoms with Gasteiger partial charge in [-0.3, -0.25) is 9.59 Å². The second-order valence-corrected chi connectivity index (χ2v) is 14.8. The molecule has 0 N–H and O–H groups in total. The average molecular weight is 657 g/mol. The third-order valence-corrected chi connectivity index (χ3v) is 10.8. The molecule has 0 saturated heterocycles. The van der Waals surface area contributed by atoms with Gasteiger partial charge in [0.2, 0.25) is 0 Å². The lowest BCUT2D eigenvalue weighted by Gasteiger charge is -2.24. The lowest BCUT2D eigenvalue weighted by molar-refractivity contribution is -0.114. The van der Waals surface area contributed by atoms with E-state index in [0.29, 0.717) is 36.1 Å². The predicted molar refractivity (Wildman–Crippen MR) is 162 cm³/mol. The van der Waals surface area contributed by atoms with Gasteiger partial charge in [0.05, 0.1) is 39.8 Å². The fourth-order valence-electron chi connectivity index (χ4n) is 5.30. The minimum absolute atomic E-state index is 0.0163. The highest BCUT2D eigenvalue weighted by molar-refractivity contribution is 9.11. The van der Waals surface area contributed by atoms with Crippen LogP contribution in [0.1, 0.15) is 88.8 Å². The first-order valence-corrected chi connectivity index (χ1v) is 16.5. The van der Waals surface area contributed by atoms with Crippen molar-refractivity contribution in [3.8, 4) is 0 Å². The van der Waals surface area contributed by atoms with Gasteiger partial charge in [-0.25, -0.2) is 0 Å². The monoisotopic (exact) mass is 654 g/mol. The molecule has 2 amide bonds. The molecular formula is C28H36Br2N2O2S2. The number of nitrogens with zero attached hydrogens (tertiary/aromatic N) is 2. The number of hydrogen-bond donors (Lipinski definition) is 0. The van der Waals surface area contributed by atoms with Crippen molar-refractivity contribution in [1.29, 1.82) is 0 Å². The van der Waals surface area contributed by atoms with Crippen LogP contribution < -0.4 is 9.80 Å². The molecule has 2 aromatic heterocycles. The molecule has 0 aromatic carbocycles. The van der Waals surface area contributed by atoms with Crippen molar-refractivity contribution < 1.29 is 9.59 Å². The fourth-order valence-corrected chi connectivity index (χ4v) is 8.57. The Morgan fingerprint density at radius 2 is 1.11 bits per heavy atom. The van der Waals surface area contributed by atoms with Crippen LogP contribution in [0.3, 0.4) is 0 Å². The number of fused-ring (bicyclic) bond motifs is 2. The minimum Gasteiger partial charge on any atom is -0.306 e. The van der Waals surface area contributed by atoms with Crippen LogP contribution in [0, 0.1) is 11.8 Å². The predicted octanol–water partition coefficient (Wildman–Crippen LogP) is 9.37. The van der Waals surface area contributed by atoms with E-state index >= 15 is 0 Å². The second kappa shape index (κ2) is 12.3. The molecule has 0 radical (unpaired) electrons. The van der Waals surface area contributed by atoms with E-state index in [1.807, 2.05) is 9.80 Å². The third kappa shape index (κ3) is 5.43. The number of rotatable bonds is 12. The molecule has 36 heavy (non-hydrogen) atoms. The number of amides is 2. The van der Waals surface area contributed by atoms with E-state index in [4.69, 9.17) is 0 Å². The van der Waals surface area contributed by atoms with Crippen molar-refractivity contribution in [3.63, 3.8) is 0 Å². The summed E-state index contributed by atoms with van der Waals surface area (Å²) in [5, 5.41) is 0. The molecule has 2 aliphatic rings. The van der Waals surface area contributed by atoms with E-state index in [9.17, 15) is 9.59 Å². The summed E-state index contributed by atoms with van der Waals surface area (Å²) in [7, 11) is 0. The maximum absolute atomic E-state index is 14.0. The van der Waals surface area contributed by atoms with Crippen molar-refractivity contribution in [2.75, 3.05) is 22.9 Å². The summed E-state index contributed by atoms with van der Waals surface area (Å²) in [5.41, 5.74) is 3.09. The van der Waals surface area contributed by atoms with E-state index in [1.165, 1.54) is 12.8 Å². The molecule has 8 heteroatoms. The standard InChI is InChI=1S/C28H36Br2N2O2S2/c1-5-9-11-17(7-3)15-31-19-13-21(29)35-25(19)23(27(31)33)24-26-20(14-22(30)36-26)32(28(24)34)16-18(8-4)12-10-6-2/h13-14,17-18H,5-12,15-16H2,1-4H3/b24-23-. The molecule has 0 fully saturated rings. The van der Waals surface area contributed by atoms with Gasteiger partial charge >= 0.3 is 0 Å². The lowest BCUT2D eigenvalue weighted by atomic mass is 9.98. The molecule has 4 heterocycles. The van der Waals surface area contributed by atoms with Crippen LogP contribution >= 0.6 is 54.5 Å². The normalized spacial score (nSPS) is 18.8. The molecule has 2 unspecified atom stereocenters.